The summed E-state index contributed by atoms with van der Waals surface area (Å²) in [4.78, 5) is 0. The number of hydrogen-bond acceptors (Lipinski definition) is 2. The Morgan fingerprint density at radius 1 is 1.31 bits per heavy atom. The predicted molar refractivity (Wildman–Crippen MR) is 41.1 cm³/mol. The SMILES string of the molecule is CC(C)c1cnnc(C(F)(F)F)c1. The summed E-state index contributed by atoms with van der Waals surface area (Å²) in [5.41, 5.74) is -0.388. The summed E-state index contributed by atoms with van der Waals surface area (Å²) < 4.78 is 36.4. The molecule has 72 valence electrons. The summed E-state index contributed by atoms with van der Waals surface area (Å²) in [6.07, 6.45) is -3.06. The monoisotopic (exact) mass is 190 g/mol. The fraction of sp³-hybridized carbons (Fsp3) is 0.500. The molecule has 0 unspecified atom stereocenters. The van der Waals surface area contributed by atoms with Crippen molar-refractivity contribution in [3.63, 3.8) is 0 Å². The zero-order chi connectivity index (χ0) is 10.1. The third-order valence-electron chi connectivity index (χ3n) is 1.63. The smallest absolute Gasteiger partial charge is 0.164 e. The molecule has 1 aromatic heterocycles. The van der Waals surface area contributed by atoms with E-state index in [2.05, 4.69) is 10.2 Å². The van der Waals surface area contributed by atoms with Crippen LogP contribution in [0, 0.1) is 0 Å². The van der Waals surface area contributed by atoms with Gasteiger partial charge in [-0.05, 0) is 17.5 Å². The Morgan fingerprint density at radius 3 is 2.38 bits per heavy atom. The van der Waals surface area contributed by atoms with Crippen LogP contribution in [0.4, 0.5) is 13.2 Å². The highest BCUT2D eigenvalue weighted by molar-refractivity contribution is 5.17. The molecule has 0 saturated heterocycles. The minimum atomic E-state index is -4.40. The molecule has 0 aliphatic carbocycles. The van der Waals surface area contributed by atoms with E-state index in [1.54, 1.807) is 13.8 Å². The lowest BCUT2D eigenvalue weighted by atomic mass is 10.1. The molecule has 0 saturated carbocycles. The molecule has 2 nitrogen and oxygen atoms in total. The molecule has 0 radical (unpaired) electrons. The molecular weight excluding hydrogens is 181 g/mol. The Morgan fingerprint density at radius 2 is 1.92 bits per heavy atom. The maximum Gasteiger partial charge on any atom is 0.435 e. The van der Waals surface area contributed by atoms with Gasteiger partial charge in [-0.25, -0.2) is 0 Å². The molecule has 1 rings (SSSR count). The molecule has 0 spiro atoms. The molecule has 0 N–H and O–H groups in total. The Bertz CT molecular complexity index is 294. The van der Waals surface area contributed by atoms with Gasteiger partial charge < -0.3 is 0 Å². The first-order chi connectivity index (χ1) is 5.91. The molecule has 5 heteroatoms. The van der Waals surface area contributed by atoms with Gasteiger partial charge in [0.15, 0.2) is 5.69 Å². The van der Waals surface area contributed by atoms with E-state index in [1.807, 2.05) is 0 Å². The number of aromatic nitrogens is 2. The van der Waals surface area contributed by atoms with Crippen LogP contribution < -0.4 is 0 Å². The van der Waals surface area contributed by atoms with Crippen molar-refractivity contribution in [2.24, 2.45) is 0 Å². The van der Waals surface area contributed by atoms with Crippen molar-refractivity contribution in [1.82, 2.24) is 10.2 Å². The lowest BCUT2D eigenvalue weighted by molar-refractivity contribution is -0.141. The second kappa shape index (κ2) is 3.32. The summed E-state index contributed by atoms with van der Waals surface area (Å²) in [6, 6.07) is 1.03. The van der Waals surface area contributed by atoms with Gasteiger partial charge in [-0.15, -0.1) is 5.10 Å². The summed E-state index contributed by atoms with van der Waals surface area (Å²) in [5, 5.41) is 6.32. The molecule has 0 amide bonds. The Hall–Kier alpha value is -1.13. The average molecular weight is 190 g/mol. The molecule has 0 bridgehead atoms. The second-order valence-electron chi connectivity index (χ2n) is 3.03. The van der Waals surface area contributed by atoms with Crippen LogP contribution in [0.3, 0.4) is 0 Å². The Kier molecular flexibility index (Phi) is 2.54. The number of hydrogen-bond donors (Lipinski definition) is 0. The normalized spacial score (nSPS) is 12.2. The van der Waals surface area contributed by atoms with Crippen LogP contribution >= 0.6 is 0 Å². The van der Waals surface area contributed by atoms with Gasteiger partial charge in [0.2, 0.25) is 0 Å². The summed E-state index contributed by atoms with van der Waals surface area (Å²) >= 11 is 0. The lowest BCUT2D eigenvalue weighted by Gasteiger charge is -2.08. The highest BCUT2D eigenvalue weighted by Crippen LogP contribution is 2.28. The molecule has 13 heavy (non-hydrogen) atoms. The van der Waals surface area contributed by atoms with E-state index in [0.29, 0.717) is 5.56 Å². The minimum absolute atomic E-state index is 0.0246. The highest BCUT2D eigenvalue weighted by Gasteiger charge is 2.33. The van der Waals surface area contributed by atoms with E-state index in [9.17, 15) is 13.2 Å². The molecule has 1 aromatic rings. The number of halogens is 3. The summed E-state index contributed by atoms with van der Waals surface area (Å²) in [6.45, 7) is 3.61. The first-order valence-corrected chi connectivity index (χ1v) is 3.81. The van der Waals surface area contributed by atoms with Crippen molar-refractivity contribution < 1.29 is 13.2 Å². The van der Waals surface area contributed by atoms with Gasteiger partial charge in [-0.3, -0.25) is 0 Å². The molecule has 1 heterocycles. The van der Waals surface area contributed by atoms with E-state index >= 15 is 0 Å². The molecule has 0 fully saturated rings. The van der Waals surface area contributed by atoms with Crippen LogP contribution in [0.5, 0.6) is 0 Å². The van der Waals surface area contributed by atoms with Gasteiger partial charge in [-0.2, -0.15) is 18.3 Å². The summed E-state index contributed by atoms with van der Waals surface area (Å²) in [7, 11) is 0. The predicted octanol–water partition coefficient (Wildman–Crippen LogP) is 2.62. The Labute approximate surface area is 73.8 Å². The van der Waals surface area contributed by atoms with Gasteiger partial charge in [0.1, 0.15) is 0 Å². The molecule has 0 aliphatic rings. The number of nitrogens with zero attached hydrogens (tertiary/aromatic N) is 2. The van der Waals surface area contributed by atoms with Crippen LogP contribution in [0.25, 0.3) is 0 Å². The van der Waals surface area contributed by atoms with E-state index in [-0.39, 0.29) is 5.92 Å². The van der Waals surface area contributed by atoms with Crippen molar-refractivity contribution in [2.75, 3.05) is 0 Å². The van der Waals surface area contributed by atoms with Crippen molar-refractivity contribution in [3.8, 4) is 0 Å². The van der Waals surface area contributed by atoms with Crippen LogP contribution in [-0.2, 0) is 6.18 Å². The van der Waals surface area contributed by atoms with Crippen molar-refractivity contribution in [3.05, 3.63) is 23.5 Å². The van der Waals surface area contributed by atoms with Gasteiger partial charge in [0.25, 0.3) is 0 Å². The molecular formula is C8H9F3N2. The van der Waals surface area contributed by atoms with E-state index in [4.69, 9.17) is 0 Å². The van der Waals surface area contributed by atoms with Crippen molar-refractivity contribution in [2.45, 2.75) is 25.9 Å². The van der Waals surface area contributed by atoms with Crippen LogP contribution in [0.15, 0.2) is 12.3 Å². The fourth-order valence-corrected chi connectivity index (χ4v) is 0.836. The van der Waals surface area contributed by atoms with E-state index < -0.39 is 11.9 Å². The zero-order valence-corrected chi connectivity index (χ0v) is 7.26. The summed E-state index contributed by atoms with van der Waals surface area (Å²) in [5.74, 6) is 0.0246. The fourth-order valence-electron chi connectivity index (χ4n) is 0.836. The van der Waals surface area contributed by atoms with E-state index in [1.165, 1.54) is 6.20 Å². The van der Waals surface area contributed by atoms with Crippen LogP contribution in [-0.4, -0.2) is 10.2 Å². The van der Waals surface area contributed by atoms with Crippen LogP contribution in [0.2, 0.25) is 0 Å². The van der Waals surface area contributed by atoms with Gasteiger partial charge in [0, 0.05) is 0 Å². The Balaban J connectivity index is 3.06. The van der Waals surface area contributed by atoms with Crippen molar-refractivity contribution in [1.29, 1.82) is 0 Å². The third-order valence-corrected chi connectivity index (χ3v) is 1.63. The molecule has 0 aromatic carbocycles. The minimum Gasteiger partial charge on any atom is -0.164 e. The maximum atomic E-state index is 12.1. The second-order valence-corrected chi connectivity index (χ2v) is 3.03. The zero-order valence-electron chi connectivity index (χ0n) is 7.26. The van der Waals surface area contributed by atoms with Gasteiger partial charge >= 0.3 is 6.18 Å². The van der Waals surface area contributed by atoms with Crippen molar-refractivity contribution >= 4 is 0 Å². The van der Waals surface area contributed by atoms with Crippen LogP contribution in [0.1, 0.15) is 31.0 Å². The quantitative estimate of drug-likeness (QED) is 0.680. The lowest BCUT2D eigenvalue weighted by Crippen LogP contribution is -2.10. The average Bonchev–Trinajstić information content (AvgIpc) is 2.03. The number of rotatable bonds is 1. The first-order valence-electron chi connectivity index (χ1n) is 3.81. The maximum absolute atomic E-state index is 12.1. The van der Waals surface area contributed by atoms with Gasteiger partial charge in [-0.1, -0.05) is 13.8 Å². The molecule has 0 aliphatic heterocycles. The topological polar surface area (TPSA) is 25.8 Å². The highest BCUT2D eigenvalue weighted by atomic mass is 19.4. The largest absolute Gasteiger partial charge is 0.435 e. The number of alkyl halides is 3. The third kappa shape index (κ3) is 2.40. The van der Waals surface area contributed by atoms with E-state index in [0.717, 1.165) is 6.07 Å². The standard InChI is InChI=1S/C8H9F3N2/c1-5(2)6-3-7(8(9,10)11)13-12-4-6/h3-5H,1-2H3. The first kappa shape index (κ1) is 9.95. The van der Waals surface area contributed by atoms with Gasteiger partial charge in [0.05, 0.1) is 6.20 Å². The molecule has 0 atom stereocenters.